The summed E-state index contributed by atoms with van der Waals surface area (Å²) in [6, 6.07) is 0. The minimum atomic E-state index is -5.11. The van der Waals surface area contributed by atoms with E-state index in [1.807, 2.05) is 20.8 Å². The molecular formula is C41H80O6S3Sn. The SMILES string of the molecule is CCCCCCC[CH2][Sn]([O]C(=O)C(C)SCC(CC)CCCC)([O]C(=O)C(C)SCC(CC)CCCC)[O]C(=O)C(C)SCC(CC)CCCC. The molecule has 302 valence electrons. The molecule has 6 nitrogen and oxygen atoms in total. The van der Waals surface area contributed by atoms with Crippen molar-refractivity contribution in [2.45, 2.75) is 205 Å². The van der Waals surface area contributed by atoms with Gasteiger partial charge in [-0.15, -0.1) is 0 Å². The van der Waals surface area contributed by atoms with Crippen LogP contribution in [0.1, 0.15) is 185 Å². The fourth-order valence-corrected chi connectivity index (χ4v) is 17.3. The first-order valence-electron chi connectivity index (χ1n) is 21.0. The van der Waals surface area contributed by atoms with Gasteiger partial charge in [0, 0.05) is 0 Å². The average molecular weight is 884 g/mol. The van der Waals surface area contributed by atoms with E-state index in [4.69, 9.17) is 9.22 Å². The van der Waals surface area contributed by atoms with Crippen molar-refractivity contribution >= 4 is 72.8 Å². The van der Waals surface area contributed by atoms with Gasteiger partial charge < -0.3 is 0 Å². The van der Waals surface area contributed by atoms with Crippen LogP contribution < -0.4 is 0 Å². The first-order valence-corrected chi connectivity index (χ1v) is 29.6. The van der Waals surface area contributed by atoms with Crippen molar-refractivity contribution in [3.63, 3.8) is 0 Å². The van der Waals surface area contributed by atoms with E-state index in [0.29, 0.717) is 28.6 Å². The molecule has 0 fully saturated rings. The monoisotopic (exact) mass is 884 g/mol. The molecular weight excluding hydrogens is 803 g/mol. The van der Waals surface area contributed by atoms with Crippen molar-refractivity contribution in [1.29, 1.82) is 0 Å². The molecule has 0 N–H and O–H groups in total. The van der Waals surface area contributed by atoms with E-state index in [2.05, 4.69) is 48.5 Å². The number of thioether (sulfide) groups is 3. The molecule has 51 heavy (non-hydrogen) atoms. The summed E-state index contributed by atoms with van der Waals surface area (Å²) in [4.78, 5) is 41.6. The summed E-state index contributed by atoms with van der Waals surface area (Å²) in [5, 5.41) is -1.32. The second kappa shape index (κ2) is 32.5. The van der Waals surface area contributed by atoms with E-state index in [9.17, 15) is 14.4 Å². The molecule has 0 aromatic rings. The first-order chi connectivity index (χ1) is 24.5. The Morgan fingerprint density at radius 1 is 0.451 bits per heavy atom. The van der Waals surface area contributed by atoms with Crippen LogP contribution in [0, 0.1) is 17.8 Å². The van der Waals surface area contributed by atoms with Gasteiger partial charge in [0.25, 0.3) is 0 Å². The topological polar surface area (TPSA) is 78.9 Å². The van der Waals surface area contributed by atoms with Gasteiger partial charge in [0.1, 0.15) is 0 Å². The Labute approximate surface area is 334 Å². The van der Waals surface area contributed by atoms with Crippen LogP contribution >= 0.6 is 35.3 Å². The fraction of sp³-hybridized carbons (Fsp3) is 0.927. The third-order valence-electron chi connectivity index (χ3n) is 9.98. The van der Waals surface area contributed by atoms with E-state index < -0.39 is 53.3 Å². The van der Waals surface area contributed by atoms with E-state index in [1.165, 1.54) is 25.7 Å². The van der Waals surface area contributed by atoms with Crippen molar-refractivity contribution in [3.05, 3.63) is 0 Å². The molecule has 0 aromatic carbocycles. The Morgan fingerprint density at radius 2 is 0.745 bits per heavy atom. The van der Waals surface area contributed by atoms with Crippen LogP contribution in [0.2, 0.25) is 4.44 Å². The minimum absolute atomic E-state index is 0.340. The third kappa shape index (κ3) is 24.4. The Hall–Kier alpha value is 0.259. The van der Waals surface area contributed by atoms with Crippen LogP contribution in [-0.4, -0.2) is 70.5 Å². The summed E-state index contributed by atoms with van der Waals surface area (Å²) in [7, 11) is 0. The number of carbonyl (C=O) groups is 3. The van der Waals surface area contributed by atoms with Crippen molar-refractivity contribution < 1.29 is 23.6 Å². The molecule has 0 aliphatic heterocycles. The molecule has 0 amide bonds. The normalized spacial score (nSPS) is 16.4. The quantitative estimate of drug-likeness (QED) is 0.0464. The maximum absolute atomic E-state index is 13.9. The molecule has 0 radical (unpaired) electrons. The van der Waals surface area contributed by atoms with Gasteiger partial charge in [0.15, 0.2) is 0 Å². The van der Waals surface area contributed by atoms with Gasteiger partial charge in [-0.3, -0.25) is 0 Å². The van der Waals surface area contributed by atoms with Crippen LogP contribution in [0.15, 0.2) is 0 Å². The Balaban J connectivity index is 6.26. The Bertz CT molecular complexity index is 796. The number of rotatable bonds is 34. The first kappa shape index (κ1) is 51.3. The number of hydrogen-bond donors (Lipinski definition) is 0. The molecule has 0 saturated heterocycles. The third-order valence-corrected chi connectivity index (χ3v) is 21.2. The average Bonchev–Trinajstić information content (AvgIpc) is 3.12. The zero-order valence-electron chi connectivity index (χ0n) is 34.7. The van der Waals surface area contributed by atoms with Crippen molar-refractivity contribution in [2.24, 2.45) is 17.8 Å². The molecule has 0 aliphatic carbocycles. The second-order valence-corrected chi connectivity index (χ2v) is 25.8. The van der Waals surface area contributed by atoms with Crippen molar-refractivity contribution in [2.75, 3.05) is 17.3 Å². The molecule has 0 saturated carbocycles. The van der Waals surface area contributed by atoms with Gasteiger partial charge in [-0.1, -0.05) is 0 Å². The summed E-state index contributed by atoms with van der Waals surface area (Å²) in [6.45, 7) is 21.1. The number of hydrogen-bond acceptors (Lipinski definition) is 9. The van der Waals surface area contributed by atoms with Gasteiger partial charge in [-0.05, 0) is 0 Å². The van der Waals surface area contributed by atoms with E-state index in [1.54, 1.807) is 35.3 Å². The second-order valence-electron chi connectivity index (χ2n) is 14.6. The zero-order chi connectivity index (χ0) is 38.5. The van der Waals surface area contributed by atoms with E-state index in [0.717, 1.165) is 101 Å². The van der Waals surface area contributed by atoms with Gasteiger partial charge in [-0.2, -0.15) is 0 Å². The van der Waals surface area contributed by atoms with Gasteiger partial charge >= 0.3 is 336 Å². The van der Waals surface area contributed by atoms with Crippen LogP contribution in [0.3, 0.4) is 0 Å². The summed E-state index contributed by atoms with van der Waals surface area (Å²) < 4.78 is 19.4. The fourth-order valence-electron chi connectivity index (χ4n) is 5.79. The molecule has 0 rings (SSSR count). The summed E-state index contributed by atoms with van der Waals surface area (Å²) in [6.07, 6.45) is 19.9. The van der Waals surface area contributed by atoms with Crippen LogP contribution in [0.5, 0.6) is 0 Å². The Morgan fingerprint density at radius 3 is 1.04 bits per heavy atom. The molecule has 6 unspecified atom stereocenters. The standard InChI is InChI=1S/3C11H22O2S.C8H17.Sn/c3*1-4-6-7-10(5-2)8-14-9(3)11(12)13;1-3-5-7-8-6-4-2;/h3*9-10H,4-8H2,1-3H3,(H,12,13);1,3-8H2,2H3;/q;;;;+3/p-3. The molecule has 0 aromatic heterocycles. The summed E-state index contributed by atoms with van der Waals surface area (Å²) >= 11 is -0.293. The summed E-state index contributed by atoms with van der Waals surface area (Å²) in [5.74, 6) is 3.02. The molecule has 0 heterocycles. The number of unbranched alkanes of at least 4 members (excludes halogenated alkanes) is 8. The van der Waals surface area contributed by atoms with Crippen LogP contribution in [-0.2, 0) is 23.6 Å². The van der Waals surface area contributed by atoms with Crippen LogP contribution in [0.25, 0.3) is 0 Å². The van der Waals surface area contributed by atoms with Crippen molar-refractivity contribution in [1.82, 2.24) is 0 Å². The maximum atomic E-state index is 13.9. The molecule has 10 heteroatoms. The molecule has 0 aliphatic rings. The van der Waals surface area contributed by atoms with E-state index >= 15 is 0 Å². The van der Waals surface area contributed by atoms with Gasteiger partial charge in [0.2, 0.25) is 0 Å². The van der Waals surface area contributed by atoms with Crippen LogP contribution in [0.4, 0.5) is 0 Å². The van der Waals surface area contributed by atoms with Gasteiger partial charge in [-0.25, -0.2) is 0 Å². The van der Waals surface area contributed by atoms with Crippen molar-refractivity contribution in [3.8, 4) is 0 Å². The van der Waals surface area contributed by atoms with Gasteiger partial charge in [0.05, 0.1) is 0 Å². The summed E-state index contributed by atoms with van der Waals surface area (Å²) in [5.41, 5.74) is 0. The van der Waals surface area contributed by atoms with E-state index in [-0.39, 0.29) is 0 Å². The number of carbonyl (C=O) groups excluding carboxylic acids is 3. The molecule has 0 bridgehead atoms. The molecule has 0 spiro atoms. The predicted molar refractivity (Wildman–Crippen MR) is 228 cm³/mol. The molecule has 6 atom stereocenters. The zero-order valence-corrected chi connectivity index (χ0v) is 40.0. The predicted octanol–water partition coefficient (Wildman–Crippen LogP) is 12.9. The Kier molecular flexibility index (Phi) is 32.7.